The van der Waals surface area contributed by atoms with Crippen LogP contribution in [0.5, 0.6) is 0 Å². The van der Waals surface area contributed by atoms with E-state index in [2.05, 4.69) is 52.9 Å². The lowest BCUT2D eigenvalue weighted by atomic mass is 9.87. The number of aryl methyl sites for hydroxylation is 1. The van der Waals surface area contributed by atoms with Crippen molar-refractivity contribution in [1.82, 2.24) is 35.3 Å². The Morgan fingerprint density at radius 2 is 2.20 bits per heavy atom. The van der Waals surface area contributed by atoms with Gasteiger partial charge >= 0.3 is 0 Å². The van der Waals surface area contributed by atoms with Crippen LogP contribution in [0.15, 0.2) is 33.4 Å². The lowest BCUT2D eigenvalue weighted by Gasteiger charge is -2.22. The summed E-state index contributed by atoms with van der Waals surface area (Å²) in [5, 5.41) is 29.0. The quantitative estimate of drug-likeness (QED) is 0.391. The van der Waals surface area contributed by atoms with E-state index in [1.165, 1.54) is 0 Å². The van der Waals surface area contributed by atoms with Gasteiger partial charge < -0.3 is 15.1 Å². The van der Waals surface area contributed by atoms with E-state index >= 15 is 0 Å². The zero-order valence-corrected chi connectivity index (χ0v) is 20.9. The summed E-state index contributed by atoms with van der Waals surface area (Å²) in [6.07, 6.45) is 4.03. The van der Waals surface area contributed by atoms with Gasteiger partial charge in [0.05, 0.1) is 22.2 Å². The van der Waals surface area contributed by atoms with E-state index in [1.807, 2.05) is 13.0 Å². The molecular formula is C23H22BrN9O2. The third-order valence-corrected chi connectivity index (χ3v) is 6.94. The van der Waals surface area contributed by atoms with Crippen LogP contribution in [0.25, 0.3) is 28.2 Å². The summed E-state index contributed by atoms with van der Waals surface area (Å²) in [7, 11) is 1.66. The summed E-state index contributed by atoms with van der Waals surface area (Å²) in [5.41, 5.74) is 1.73. The van der Waals surface area contributed by atoms with Crippen molar-refractivity contribution in [2.75, 3.05) is 12.4 Å². The van der Waals surface area contributed by atoms with Crippen LogP contribution >= 0.6 is 15.9 Å². The van der Waals surface area contributed by atoms with Crippen LogP contribution < -0.4 is 10.6 Å². The second kappa shape index (κ2) is 8.74. The van der Waals surface area contributed by atoms with Gasteiger partial charge in [-0.1, -0.05) is 6.92 Å². The summed E-state index contributed by atoms with van der Waals surface area (Å²) < 4.78 is 7.73. The molecule has 3 aromatic heterocycles. The van der Waals surface area contributed by atoms with Crippen LogP contribution in [0.4, 0.5) is 5.95 Å². The molecule has 0 bridgehead atoms. The summed E-state index contributed by atoms with van der Waals surface area (Å²) >= 11 is 3.48. The number of hydrogen-bond acceptors (Lipinski definition) is 9. The number of carbonyl (C=O) groups is 1. The van der Waals surface area contributed by atoms with E-state index in [1.54, 1.807) is 37.0 Å². The summed E-state index contributed by atoms with van der Waals surface area (Å²) in [4.78, 5) is 21.4. The molecular weight excluding hydrogens is 514 g/mol. The molecule has 1 saturated carbocycles. The number of nitrogens with zero attached hydrogens (tertiary/aromatic N) is 7. The van der Waals surface area contributed by atoms with E-state index in [4.69, 9.17) is 9.40 Å². The highest BCUT2D eigenvalue weighted by atomic mass is 79.9. The molecule has 1 aliphatic rings. The number of anilines is 1. The van der Waals surface area contributed by atoms with Gasteiger partial charge in [0.15, 0.2) is 5.65 Å². The summed E-state index contributed by atoms with van der Waals surface area (Å²) in [6, 6.07) is 7.54. The lowest BCUT2D eigenvalue weighted by molar-refractivity contribution is -0.129. The molecule has 11 nitrogen and oxygen atoms in total. The molecule has 1 aliphatic carbocycles. The Morgan fingerprint density at radius 3 is 2.91 bits per heavy atom. The average molecular weight is 536 g/mol. The standard InChI is InChI=1S/C23H22BrN9O2/c1-12-30-31-20(35-12)16-5-4-15(8-13(16)10-25)33-19-17(18(24)32-33)11-27-22(29-19)28-14-6-7-23(2,9-14)21(34)26-3/h4-5,8,11,14H,6-7,9H2,1-3H3,(H,26,34)(H,27,28,29)/t14-,23-/m1/s1. The summed E-state index contributed by atoms with van der Waals surface area (Å²) in [5.74, 6) is 1.21. The zero-order valence-electron chi connectivity index (χ0n) is 19.3. The molecule has 1 aromatic carbocycles. The molecule has 178 valence electrons. The lowest BCUT2D eigenvalue weighted by Crippen LogP contribution is -2.35. The maximum atomic E-state index is 12.3. The highest BCUT2D eigenvalue weighted by Gasteiger charge is 2.41. The van der Waals surface area contributed by atoms with Gasteiger partial charge in [-0.2, -0.15) is 15.3 Å². The molecule has 35 heavy (non-hydrogen) atoms. The third-order valence-electron chi connectivity index (χ3n) is 6.35. The van der Waals surface area contributed by atoms with E-state index in [9.17, 15) is 10.1 Å². The van der Waals surface area contributed by atoms with Crippen LogP contribution in [0, 0.1) is 23.7 Å². The molecule has 2 N–H and O–H groups in total. The zero-order chi connectivity index (χ0) is 24.7. The Hall–Kier alpha value is -3.85. The first-order chi connectivity index (χ1) is 16.8. The van der Waals surface area contributed by atoms with Gasteiger partial charge in [0.25, 0.3) is 0 Å². The van der Waals surface area contributed by atoms with Gasteiger partial charge in [0, 0.05) is 31.6 Å². The fourth-order valence-corrected chi connectivity index (χ4v) is 4.96. The predicted octanol–water partition coefficient (Wildman–Crippen LogP) is 3.52. The largest absolute Gasteiger partial charge is 0.421 e. The highest BCUT2D eigenvalue weighted by Crippen LogP contribution is 2.39. The minimum absolute atomic E-state index is 0.0487. The smallest absolute Gasteiger partial charge is 0.249 e. The van der Waals surface area contributed by atoms with Crippen LogP contribution in [0.1, 0.15) is 37.6 Å². The van der Waals surface area contributed by atoms with Gasteiger partial charge in [0.2, 0.25) is 23.6 Å². The van der Waals surface area contributed by atoms with Crippen LogP contribution in [-0.4, -0.2) is 48.9 Å². The number of amides is 1. The molecule has 0 unspecified atom stereocenters. The van der Waals surface area contributed by atoms with Crippen molar-refractivity contribution in [2.45, 2.75) is 39.2 Å². The maximum Gasteiger partial charge on any atom is 0.249 e. The molecule has 1 amide bonds. The minimum atomic E-state index is -0.409. The van der Waals surface area contributed by atoms with Crippen molar-refractivity contribution in [3.63, 3.8) is 0 Å². The molecule has 1 fully saturated rings. The number of rotatable bonds is 5. The van der Waals surface area contributed by atoms with E-state index in [-0.39, 0.29) is 17.8 Å². The van der Waals surface area contributed by atoms with E-state index < -0.39 is 5.41 Å². The van der Waals surface area contributed by atoms with Crippen molar-refractivity contribution in [1.29, 1.82) is 5.26 Å². The normalized spacial score (nSPS) is 19.6. The molecule has 5 rings (SSSR count). The van der Waals surface area contributed by atoms with Crippen molar-refractivity contribution >= 4 is 38.8 Å². The Morgan fingerprint density at radius 1 is 1.37 bits per heavy atom. The number of benzene rings is 1. The summed E-state index contributed by atoms with van der Waals surface area (Å²) in [6.45, 7) is 3.68. The Bertz CT molecular complexity index is 1490. The molecule has 3 heterocycles. The predicted molar refractivity (Wildman–Crippen MR) is 131 cm³/mol. The van der Waals surface area contributed by atoms with E-state index in [0.717, 1.165) is 18.2 Å². The fraction of sp³-hybridized carbons (Fsp3) is 0.348. The first kappa shape index (κ1) is 22.9. The van der Waals surface area contributed by atoms with Crippen LogP contribution in [0.2, 0.25) is 0 Å². The first-order valence-electron chi connectivity index (χ1n) is 11.1. The van der Waals surface area contributed by atoms with Gasteiger partial charge in [-0.3, -0.25) is 4.79 Å². The van der Waals surface area contributed by atoms with Crippen molar-refractivity contribution in [3.8, 4) is 23.2 Å². The SMILES string of the molecule is CNC(=O)[C@]1(C)CC[C@@H](Nc2ncc3c(Br)nn(-c4ccc(-c5nnc(C)o5)c(C#N)c4)c3n2)C1. The number of nitriles is 1. The molecule has 2 atom stereocenters. The van der Waals surface area contributed by atoms with Gasteiger partial charge in [-0.05, 0) is 53.4 Å². The number of halogens is 1. The highest BCUT2D eigenvalue weighted by molar-refractivity contribution is 9.10. The number of carbonyl (C=O) groups excluding carboxylic acids is 1. The number of nitrogens with one attached hydrogen (secondary N) is 2. The minimum Gasteiger partial charge on any atom is -0.421 e. The fourth-order valence-electron chi connectivity index (χ4n) is 4.52. The number of hydrogen-bond donors (Lipinski definition) is 2. The monoisotopic (exact) mass is 535 g/mol. The molecule has 0 aliphatic heterocycles. The third kappa shape index (κ3) is 4.12. The van der Waals surface area contributed by atoms with Crippen molar-refractivity contribution in [2.24, 2.45) is 5.41 Å². The van der Waals surface area contributed by atoms with Crippen LogP contribution in [0.3, 0.4) is 0 Å². The molecule has 0 spiro atoms. The topological polar surface area (TPSA) is 147 Å². The number of aromatic nitrogens is 6. The second-order valence-electron chi connectivity index (χ2n) is 8.83. The Kier molecular flexibility index (Phi) is 5.72. The second-order valence-corrected chi connectivity index (χ2v) is 9.58. The van der Waals surface area contributed by atoms with E-state index in [0.29, 0.717) is 45.3 Å². The Labute approximate surface area is 209 Å². The average Bonchev–Trinajstić information content (AvgIpc) is 3.55. The maximum absolute atomic E-state index is 12.3. The van der Waals surface area contributed by atoms with Gasteiger partial charge in [-0.15, -0.1) is 10.2 Å². The van der Waals surface area contributed by atoms with Crippen molar-refractivity contribution < 1.29 is 9.21 Å². The van der Waals surface area contributed by atoms with Gasteiger partial charge in [-0.25, -0.2) is 9.67 Å². The van der Waals surface area contributed by atoms with Crippen LogP contribution in [-0.2, 0) is 4.79 Å². The van der Waals surface area contributed by atoms with Crippen molar-refractivity contribution in [3.05, 3.63) is 40.5 Å². The van der Waals surface area contributed by atoms with Gasteiger partial charge in [0.1, 0.15) is 10.7 Å². The molecule has 12 heteroatoms. The molecule has 0 radical (unpaired) electrons. The Balaban J connectivity index is 1.47. The molecule has 4 aromatic rings. The first-order valence-corrected chi connectivity index (χ1v) is 11.9. The molecule has 0 saturated heterocycles. The number of fused-ring (bicyclic) bond motifs is 1.